The van der Waals surface area contributed by atoms with Crippen LogP contribution in [0.1, 0.15) is 24.5 Å². The summed E-state index contributed by atoms with van der Waals surface area (Å²) in [5.74, 6) is -0.461. The average molecular weight is 358 g/mol. The van der Waals surface area contributed by atoms with Gasteiger partial charge in [0, 0.05) is 10.9 Å². The predicted octanol–water partition coefficient (Wildman–Crippen LogP) is 5.08. The molecular weight excluding hydrogens is 343 g/mol. The molecular formula is C16H15BrClFO. The number of hydrogen-bond acceptors (Lipinski definition) is 1. The summed E-state index contributed by atoms with van der Waals surface area (Å²) in [7, 11) is 0. The molecule has 1 unspecified atom stereocenters. The molecule has 20 heavy (non-hydrogen) atoms. The van der Waals surface area contributed by atoms with E-state index in [0.717, 1.165) is 15.6 Å². The fourth-order valence-corrected chi connectivity index (χ4v) is 2.71. The Hall–Kier alpha value is -0.900. The fraction of sp³-hybridized carbons (Fsp3) is 0.250. The third kappa shape index (κ3) is 3.40. The van der Waals surface area contributed by atoms with Gasteiger partial charge in [0.05, 0.1) is 10.6 Å². The van der Waals surface area contributed by atoms with E-state index in [1.165, 1.54) is 12.1 Å². The number of benzene rings is 2. The number of rotatable bonds is 4. The van der Waals surface area contributed by atoms with Crippen LogP contribution in [0.2, 0.25) is 5.02 Å². The third-order valence-corrected chi connectivity index (χ3v) is 4.23. The Bertz CT molecular complexity index is 617. The molecule has 0 saturated heterocycles. The van der Waals surface area contributed by atoms with E-state index in [4.69, 9.17) is 11.6 Å². The Morgan fingerprint density at radius 2 is 2.00 bits per heavy atom. The Kier molecular flexibility index (Phi) is 4.84. The van der Waals surface area contributed by atoms with Gasteiger partial charge in [0.25, 0.3) is 0 Å². The summed E-state index contributed by atoms with van der Waals surface area (Å²) in [6.07, 6.45) is 0.877. The molecule has 1 atom stereocenters. The van der Waals surface area contributed by atoms with Crippen LogP contribution in [0.4, 0.5) is 4.39 Å². The molecule has 106 valence electrons. The second-order valence-corrected chi connectivity index (χ2v) is 6.14. The van der Waals surface area contributed by atoms with Crippen molar-refractivity contribution in [1.82, 2.24) is 0 Å². The maximum atomic E-state index is 13.5. The van der Waals surface area contributed by atoms with Gasteiger partial charge in [-0.25, -0.2) is 4.39 Å². The maximum Gasteiger partial charge on any atom is 0.142 e. The molecule has 1 N–H and O–H groups in total. The number of halogens is 3. The zero-order valence-electron chi connectivity index (χ0n) is 11.0. The standard InChI is InChI=1S/C16H15BrClFO/c1-2-16(20,12-4-3-5-13(17)9-12)10-11-6-7-14(18)15(19)8-11/h3-9,20H,2,10H2,1H3. The zero-order chi connectivity index (χ0) is 14.8. The summed E-state index contributed by atoms with van der Waals surface area (Å²) in [6, 6.07) is 12.2. The van der Waals surface area contributed by atoms with E-state index in [9.17, 15) is 9.50 Å². The topological polar surface area (TPSA) is 20.2 Å². The van der Waals surface area contributed by atoms with Crippen molar-refractivity contribution in [1.29, 1.82) is 0 Å². The Balaban J connectivity index is 2.33. The lowest BCUT2D eigenvalue weighted by Crippen LogP contribution is -2.27. The third-order valence-electron chi connectivity index (χ3n) is 3.43. The highest BCUT2D eigenvalue weighted by molar-refractivity contribution is 9.10. The van der Waals surface area contributed by atoms with Crippen molar-refractivity contribution in [3.05, 3.63) is 68.9 Å². The zero-order valence-corrected chi connectivity index (χ0v) is 13.4. The normalized spacial score (nSPS) is 14.1. The highest BCUT2D eigenvalue weighted by Gasteiger charge is 2.28. The van der Waals surface area contributed by atoms with E-state index in [0.29, 0.717) is 12.8 Å². The van der Waals surface area contributed by atoms with Crippen molar-refractivity contribution in [2.24, 2.45) is 0 Å². The van der Waals surface area contributed by atoms with Crippen LogP contribution in [0.3, 0.4) is 0 Å². The predicted molar refractivity (Wildman–Crippen MR) is 83.4 cm³/mol. The minimum absolute atomic E-state index is 0.0937. The second kappa shape index (κ2) is 6.25. The van der Waals surface area contributed by atoms with E-state index < -0.39 is 11.4 Å². The van der Waals surface area contributed by atoms with Crippen molar-refractivity contribution < 1.29 is 9.50 Å². The van der Waals surface area contributed by atoms with E-state index >= 15 is 0 Å². The SMILES string of the molecule is CCC(O)(Cc1ccc(Cl)c(F)c1)c1cccc(Br)c1. The van der Waals surface area contributed by atoms with E-state index in [1.807, 2.05) is 31.2 Å². The molecule has 0 aliphatic heterocycles. The molecule has 0 saturated carbocycles. The van der Waals surface area contributed by atoms with Crippen LogP contribution < -0.4 is 0 Å². The van der Waals surface area contributed by atoms with Crippen LogP contribution in [0.5, 0.6) is 0 Å². The first-order valence-corrected chi connectivity index (χ1v) is 7.54. The van der Waals surface area contributed by atoms with Crippen molar-refractivity contribution in [3.8, 4) is 0 Å². The number of aliphatic hydroxyl groups is 1. The van der Waals surface area contributed by atoms with Gasteiger partial charge in [0.15, 0.2) is 0 Å². The highest BCUT2D eigenvalue weighted by atomic mass is 79.9. The second-order valence-electron chi connectivity index (χ2n) is 4.82. The molecule has 2 rings (SSSR count). The summed E-state index contributed by atoms with van der Waals surface area (Å²) in [4.78, 5) is 0. The molecule has 0 spiro atoms. The lowest BCUT2D eigenvalue weighted by atomic mass is 9.85. The molecule has 0 amide bonds. The summed E-state index contributed by atoms with van der Waals surface area (Å²) < 4.78 is 14.4. The van der Waals surface area contributed by atoms with Crippen LogP contribution in [-0.2, 0) is 12.0 Å². The molecule has 0 heterocycles. The summed E-state index contributed by atoms with van der Waals surface area (Å²) in [5.41, 5.74) is 0.505. The molecule has 0 bridgehead atoms. The molecule has 0 aliphatic carbocycles. The molecule has 4 heteroatoms. The van der Waals surface area contributed by atoms with E-state index in [-0.39, 0.29) is 5.02 Å². The first-order valence-electron chi connectivity index (χ1n) is 6.37. The molecule has 2 aromatic rings. The Morgan fingerprint density at radius 3 is 2.60 bits per heavy atom. The molecule has 0 radical (unpaired) electrons. The van der Waals surface area contributed by atoms with Crippen molar-refractivity contribution in [3.63, 3.8) is 0 Å². The van der Waals surface area contributed by atoms with Gasteiger partial charge in [-0.15, -0.1) is 0 Å². The summed E-state index contributed by atoms with van der Waals surface area (Å²) in [5, 5.41) is 10.9. The highest BCUT2D eigenvalue weighted by Crippen LogP contribution is 2.31. The maximum absolute atomic E-state index is 13.5. The van der Waals surface area contributed by atoms with Gasteiger partial charge >= 0.3 is 0 Å². The van der Waals surface area contributed by atoms with Crippen LogP contribution >= 0.6 is 27.5 Å². The summed E-state index contributed by atoms with van der Waals surface area (Å²) >= 11 is 9.08. The molecule has 0 aromatic heterocycles. The van der Waals surface area contributed by atoms with Crippen LogP contribution in [-0.4, -0.2) is 5.11 Å². The van der Waals surface area contributed by atoms with Crippen LogP contribution in [0.25, 0.3) is 0 Å². The quantitative estimate of drug-likeness (QED) is 0.809. The molecule has 1 nitrogen and oxygen atoms in total. The average Bonchev–Trinajstić information content (AvgIpc) is 2.43. The van der Waals surface area contributed by atoms with E-state index in [1.54, 1.807) is 6.07 Å². The Labute approximate surface area is 131 Å². The molecule has 0 fully saturated rings. The fourth-order valence-electron chi connectivity index (χ4n) is 2.20. The lowest BCUT2D eigenvalue weighted by Gasteiger charge is -2.28. The van der Waals surface area contributed by atoms with E-state index in [2.05, 4.69) is 15.9 Å². The first kappa shape index (κ1) is 15.5. The first-order chi connectivity index (χ1) is 9.44. The van der Waals surface area contributed by atoms with Crippen molar-refractivity contribution in [2.45, 2.75) is 25.4 Å². The summed E-state index contributed by atoms with van der Waals surface area (Å²) in [6.45, 7) is 1.91. The van der Waals surface area contributed by atoms with Crippen LogP contribution in [0, 0.1) is 5.82 Å². The molecule has 2 aromatic carbocycles. The Morgan fingerprint density at radius 1 is 1.25 bits per heavy atom. The minimum Gasteiger partial charge on any atom is -0.385 e. The van der Waals surface area contributed by atoms with Gasteiger partial charge in [-0.1, -0.05) is 52.7 Å². The van der Waals surface area contributed by atoms with Gasteiger partial charge in [0.1, 0.15) is 5.82 Å². The van der Waals surface area contributed by atoms with Gasteiger partial charge in [-0.2, -0.15) is 0 Å². The molecule has 0 aliphatic rings. The lowest BCUT2D eigenvalue weighted by molar-refractivity contribution is 0.0326. The largest absolute Gasteiger partial charge is 0.385 e. The van der Waals surface area contributed by atoms with Gasteiger partial charge in [-0.3, -0.25) is 0 Å². The monoisotopic (exact) mass is 356 g/mol. The van der Waals surface area contributed by atoms with Gasteiger partial charge < -0.3 is 5.11 Å². The number of hydrogen-bond donors (Lipinski definition) is 1. The van der Waals surface area contributed by atoms with Gasteiger partial charge in [0.2, 0.25) is 0 Å². The van der Waals surface area contributed by atoms with Crippen molar-refractivity contribution >= 4 is 27.5 Å². The van der Waals surface area contributed by atoms with Gasteiger partial charge in [-0.05, 0) is 41.8 Å². The minimum atomic E-state index is -1.02. The smallest absolute Gasteiger partial charge is 0.142 e. The van der Waals surface area contributed by atoms with Crippen molar-refractivity contribution in [2.75, 3.05) is 0 Å². The van der Waals surface area contributed by atoms with Crippen LogP contribution in [0.15, 0.2) is 46.9 Å².